The van der Waals surface area contributed by atoms with Gasteiger partial charge in [-0.15, -0.1) is 0 Å². The molecule has 8 nitrogen and oxygen atoms in total. The minimum absolute atomic E-state index is 0.0549. The predicted molar refractivity (Wildman–Crippen MR) is 121 cm³/mol. The molecule has 4 rings (SSSR count). The number of hydrogen-bond donors (Lipinski definition) is 1. The van der Waals surface area contributed by atoms with Gasteiger partial charge in [0, 0.05) is 32.8 Å². The van der Waals surface area contributed by atoms with Crippen molar-refractivity contribution in [3.05, 3.63) is 47.0 Å². The van der Waals surface area contributed by atoms with Gasteiger partial charge in [0.05, 0.1) is 16.5 Å². The van der Waals surface area contributed by atoms with Crippen molar-refractivity contribution >= 4 is 44.2 Å². The van der Waals surface area contributed by atoms with Crippen molar-refractivity contribution < 1.29 is 23.0 Å². The van der Waals surface area contributed by atoms with Crippen LogP contribution >= 0.6 is 23.4 Å². The van der Waals surface area contributed by atoms with Crippen LogP contribution in [0.1, 0.15) is 5.56 Å². The van der Waals surface area contributed by atoms with Crippen LogP contribution in [0.5, 0.6) is 11.5 Å². The summed E-state index contributed by atoms with van der Waals surface area (Å²) in [5, 5.41) is 12.1. The van der Waals surface area contributed by atoms with Crippen molar-refractivity contribution in [2.75, 3.05) is 40.1 Å². The smallest absolute Gasteiger partial charge is 0.244 e. The fourth-order valence-corrected chi connectivity index (χ4v) is 5.86. The first kappa shape index (κ1) is 22.2. The summed E-state index contributed by atoms with van der Waals surface area (Å²) in [7, 11) is 0.815. The summed E-state index contributed by atoms with van der Waals surface area (Å²) in [6.07, 6.45) is 0. The maximum Gasteiger partial charge on any atom is 0.244 e. The van der Waals surface area contributed by atoms with E-state index < -0.39 is 15.7 Å². The van der Waals surface area contributed by atoms with Crippen LogP contribution < -0.4 is 9.47 Å². The molecule has 0 amide bonds. The molecular weight excluding hydrogens is 462 g/mol. The van der Waals surface area contributed by atoms with Gasteiger partial charge in [-0.25, -0.2) is 17.7 Å². The number of hydrogen-bond acceptors (Lipinski definition) is 7. The van der Waals surface area contributed by atoms with Crippen LogP contribution in [0.15, 0.2) is 46.3 Å². The molecule has 0 spiro atoms. The Kier molecular flexibility index (Phi) is 5.86. The highest BCUT2D eigenvalue weighted by Gasteiger charge is 2.43. The summed E-state index contributed by atoms with van der Waals surface area (Å²) in [5.41, 5.74) is -0.368. The molecular formula is C20H22ClN3O5S2. The third-order valence-electron chi connectivity index (χ3n) is 5.15. The Morgan fingerprint density at radius 1 is 1.16 bits per heavy atom. The van der Waals surface area contributed by atoms with E-state index in [1.807, 2.05) is 6.07 Å². The highest BCUT2D eigenvalue weighted by atomic mass is 35.5. The van der Waals surface area contributed by atoms with E-state index in [1.165, 1.54) is 38.0 Å². The van der Waals surface area contributed by atoms with Crippen molar-refractivity contribution in [3.8, 4) is 11.5 Å². The molecule has 11 heteroatoms. The number of ether oxygens (including phenoxy) is 2. The van der Waals surface area contributed by atoms with E-state index in [-0.39, 0.29) is 15.7 Å². The van der Waals surface area contributed by atoms with E-state index in [0.29, 0.717) is 41.1 Å². The minimum atomic E-state index is -3.77. The van der Waals surface area contributed by atoms with Crippen LogP contribution in [0.3, 0.4) is 0 Å². The monoisotopic (exact) mass is 483 g/mol. The number of fused-ring (bicyclic) bond motifs is 1. The number of halogens is 1. The van der Waals surface area contributed by atoms with Crippen molar-refractivity contribution in [3.63, 3.8) is 0 Å². The summed E-state index contributed by atoms with van der Waals surface area (Å²) in [5.74, 6) is 1.58. The van der Waals surface area contributed by atoms with Gasteiger partial charge >= 0.3 is 0 Å². The topological polar surface area (TPSA) is 91.7 Å². The lowest BCUT2D eigenvalue weighted by Crippen LogP contribution is -2.42. The molecule has 2 aromatic rings. The van der Waals surface area contributed by atoms with E-state index in [2.05, 4.69) is 4.99 Å². The van der Waals surface area contributed by atoms with E-state index in [9.17, 15) is 13.5 Å². The van der Waals surface area contributed by atoms with Gasteiger partial charge in [0.25, 0.3) is 0 Å². The summed E-state index contributed by atoms with van der Waals surface area (Å²) in [6, 6.07) is 9.94. The summed E-state index contributed by atoms with van der Waals surface area (Å²) in [4.78, 5) is 6.22. The van der Waals surface area contributed by atoms with Crippen LogP contribution in [0.2, 0.25) is 5.02 Å². The van der Waals surface area contributed by atoms with Gasteiger partial charge in [0.1, 0.15) is 18.1 Å². The van der Waals surface area contributed by atoms with Crippen molar-refractivity contribution in [1.82, 2.24) is 9.21 Å². The fraction of sp³-hybridized carbons (Fsp3) is 0.350. The summed E-state index contributed by atoms with van der Waals surface area (Å²) in [6.45, 7) is 0.995. The lowest BCUT2D eigenvalue weighted by molar-refractivity contribution is -0.0349. The molecule has 0 aromatic heterocycles. The third kappa shape index (κ3) is 3.98. The van der Waals surface area contributed by atoms with Gasteiger partial charge in [0.2, 0.25) is 10.0 Å². The highest BCUT2D eigenvalue weighted by molar-refractivity contribution is 8.14. The Bertz CT molecular complexity index is 1160. The number of thioether (sulfide) groups is 1. The molecule has 0 aliphatic carbocycles. The third-order valence-corrected chi connectivity index (χ3v) is 8.61. The van der Waals surface area contributed by atoms with Crippen molar-refractivity contribution in [1.29, 1.82) is 0 Å². The quantitative estimate of drug-likeness (QED) is 0.714. The second-order valence-corrected chi connectivity index (χ2v) is 10.8. The normalized spacial score (nSPS) is 22.4. The number of sulfonamides is 1. The van der Waals surface area contributed by atoms with Crippen molar-refractivity contribution in [2.45, 2.75) is 10.6 Å². The van der Waals surface area contributed by atoms with Gasteiger partial charge in [-0.05, 0) is 24.3 Å². The summed E-state index contributed by atoms with van der Waals surface area (Å²) >= 11 is 7.52. The molecule has 1 saturated heterocycles. The van der Waals surface area contributed by atoms with E-state index in [4.69, 9.17) is 21.1 Å². The molecule has 1 atom stereocenters. The van der Waals surface area contributed by atoms with Gasteiger partial charge in [-0.3, -0.25) is 0 Å². The van der Waals surface area contributed by atoms with Crippen LogP contribution in [-0.4, -0.2) is 68.0 Å². The van der Waals surface area contributed by atoms with Gasteiger partial charge in [-0.1, -0.05) is 29.4 Å². The molecule has 0 saturated carbocycles. The van der Waals surface area contributed by atoms with Gasteiger partial charge in [0.15, 0.2) is 22.4 Å². The second kappa shape index (κ2) is 8.18. The molecule has 0 radical (unpaired) electrons. The largest absolute Gasteiger partial charge is 0.486 e. The standard InChI is InChI=1S/C20H22ClN3O5S2/c1-23(2)31(26,27)18-10-13(4-6-15(18)21)20(25)12-30-19(24(20)3)22-14-5-7-16-17(11-14)29-9-8-28-16/h4-7,10-11,25H,8-9,12H2,1-3H3. The number of aliphatic hydroxyl groups is 1. The Labute approximate surface area is 190 Å². The average molecular weight is 484 g/mol. The second-order valence-electron chi connectivity index (χ2n) is 7.32. The molecule has 1 N–H and O–H groups in total. The Balaban J connectivity index is 1.67. The van der Waals surface area contributed by atoms with Crippen LogP contribution in [0.25, 0.3) is 0 Å². The zero-order chi connectivity index (χ0) is 22.4. The molecule has 2 aliphatic heterocycles. The lowest BCUT2D eigenvalue weighted by atomic mass is 10.0. The number of aliphatic imine (C=N–C) groups is 1. The Morgan fingerprint density at radius 2 is 1.87 bits per heavy atom. The number of rotatable bonds is 4. The lowest BCUT2D eigenvalue weighted by Gasteiger charge is -2.31. The first-order valence-corrected chi connectivity index (χ1v) is 12.2. The highest BCUT2D eigenvalue weighted by Crippen LogP contribution is 2.41. The average Bonchev–Trinajstić information content (AvgIpc) is 3.03. The van der Waals surface area contributed by atoms with Crippen LogP contribution in [0.4, 0.5) is 5.69 Å². The van der Waals surface area contributed by atoms with Crippen molar-refractivity contribution in [2.24, 2.45) is 4.99 Å². The molecule has 31 heavy (non-hydrogen) atoms. The van der Waals surface area contributed by atoms with Gasteiger partial charge < -0.3 is 19.5 Å². The number of nitrogens with zero attached hydrogens (tertiary/aromatic N) is 3. The molecule has 1 unspecified atom stereocenters. The van der Waals surface area contributed by atoms with E-state index in [0.717, 1.165) is 4.31 Å². The number of benzene rings is 2. The van der Waals surface area contributed by atoms with Crippen LogP contribution in [-0.2, 0) is 15.7 Å². The zero-order valence-corrected chi connectivity index (χ0v) is 19.6. The first-order chi connectivity index (χ1) is 14.6. The molecule has 2 aromatic carbocycles. The summed E-state index contributed by atoms with van der Waals surface area (Å²) < 4.78 is 37.5. The Morgan fingerprint density at radius 3 is 2.58 bits per heavy atom. The molecule has 166 valence electrons. The SMILES string of the molecule is CN1C(=Nc2ccc3c(c2)OCCO3)SCC1(O)c1ccc(Cl)c(S(=O)(=O)N(C)C)c1. The molecule has 2 heterocycles. The molecule has 0 bridgehead atoms. The minimum Gasteiger partial charge on any atom is -0.486 e. The van der Waals surface area contributed by atoms with Gasteiger partial charge in [-0.2, -0.15) is 0 Å². The number of amidine groups is 1. The zero-order valence-electron chi connectivity index (χ0n) is 17.2. The predicted octanol–water partition coefficient (Wildman–Crippen LogP) is 2.87. The molecule has 2 aliphatic rings. The Hall–Kier alpha value is -1.98. The first-order valence-electron chi connectivity index (χ1n) is 9.43. The van der Waals surface area contributed by atoms with E-state index in [1.54, 1.807) is 30.1 Å². The van der Waals surface area contributed by atoms with E-state index >= 15 is 0 Å². The maximum absolute atomic E-state index is 12.6. The fourth-order valence-electron chi connectivity index (χ4n) is 3.26. The molecule has 1 fully saturated rings. The maximum atomic E-state index is 12.6. The van der Waals surface area contributed by atoms with Crippen LogP contribution in [0, 0.1) is 0 Å².